The maximum atomic E-state index is 12.1. The molecule has 1 fully saturated rings. The maximum absolute atomic E-state index is 12.1. The Morgan fingerprint density at radius 3 is 2.95 bits per heavy atom. The molecule has 8 heteroatoms. The van der Waals surface area contributed by atoms with Crippen molar-refractivity contribution in [3.05, 3.63) is 35.0 Å². The van der Waals surface area contributed by atoms with E-state index in [1.54, 1.807) is 30.6 Å². The van der Waals surface area contributed by atoms with Crippen LogP contribution >= 0.6 is 23.4 Å². The summed E-state index contributed by atoms with van der Waals surface area (Å²) in [6.45, 7) is 0.307. The summed E-state index contributed by atoms with van der Waals surface area (Å²) in [5.74, 6) is -0.855. The molecule has 0 aliphatic carbocycles. The molecule has 0 radical (unpaired) electrons. The molecule has 2 rings (SSSR count). The predicted molar refractivity (Wildman–Crippen MR) is 80.6 cm³/mol. The van der Waals surface area contributed by atoms with Gasteiger partial charge in [0.05, 0.1) is 4.91 Å². The lowest BCUT2D eigenvalue weighted by molar-refractivity contribution is -0.123. The number of nitrogens with zero attached hydrogens (tertiary/aromatic N) is 2. The second kappa shape index (κ2) is 7.24. The Kier molecular flexibility index (Phi) is 5.35. The highest BCUT2D eigenvalue weighted by molar-refractivity contribution is 8.18. The number of carbonyl (C=O) groups excluding carboxylic acids is 3. The number of pyridine rings is 1. The van der Waals surface area contributed by atoms with Gasteiger partial charge in [-0.25, -0.2) is 0 Å². The number of alkyl halides is 1. The molecule has 1 aliphatic heterocycles. The number of amides is 3. The Bertz CT molecular complexity index is 592. The summed E-state index contributed by atoms with van der Waals surface area (Å²) in [5.41, 5.74) is 0.749. The Hall–Kier alpha value is -1.86. The number of thioether (sulfide) groups is 1. The molecule has 21 heavy (non-hydrogen) atoms. The number of hydrogen-bond donors (Lipinski definition) is 1. The van der Waals surface area contributed by atoms with Crippen molar-refractivity contribution in [3.8, 4) is 0 Å². The van der Waals surface area contributed by atoms with Crippen LogP contribution in [0.15, 0.2) is 29.4 Å². The normalized spacial score (nSPS) is 16.6. The van der Waals surface area contributed by atoms with Crippen LogP contribution in [-0.4, -0.2) is 45.9 Å². The molecule has 6 nitrogen and oxygen atoms in total. The van der Waals surface area contributed by atoms with E-state index < -0.39 is 0 Å². The number of imide groups is 1. The molecule has 1 aromatic heterocycles. The smallest absolute Gasteiger partial charge is 0.293 e. The average molecular weight is 326 g/mol. The molecule has 0 aromatic carbocycles. The second-order valence-corrected chi connectivity index (χ2v) is 5.36. The van der Waals surface area contributed by atoms with Gasteiger partial charge in [0.1, 0.15) is 5.88 Å². The minimum Gasteiger partial charge on any atom is -0.353 e. The van der Waals surface area contributed by atoms with E-state index in [2.05, 4.69) is 10.3 Å². The average Bonchev–Trinajstić information content (AvgIpc) is 2.75. The monoisotopic (exact) mass is 325 g/mol. The first kappa shape index (κ1) is 15.5. The van der Waals surface area contributed by atoms with Crippen molar-refractivity contribution in [1.82, 2.24) is 15.2 Å². The molecule has 2 heterocycles. The molecule has 1 N–H and O–H groups in total. The van der Waals surface area contributed by atoms with Crippen LogP contribution < -0.4 is 5.32 Å². The van der Waals surface area contributed by atoms with E-state index in [9.17, 15) is 14.4 Å². The lowest BCUT2D eigenvalue weighted by atomic mass is 10.2. The first-order valence-electron chi connectivity index (χ1n) is 6.10. The standard InChI is InChI=1S/C13H12ClN3O3S/c14-7-11(18)16-4-5-17-12(19)10(21-13(17)20)6-9-2-1-3-15-8-9/h1-3,6,8H,4-5,7H2,(H,16,18)/b10-6+. The molecule has 0 bridgehead atoms. The van der Waals surface area contributed by atoms with Crippen LogP contribution in [0, 0.1) is 0 Å². The van der Waals surface area contributed by atoms with Crippen LogP contribution in [0.25, 0.3) is 6.08 Å². The number of aromatic nitrogens is 1. The molecule has 0 saturated carbocycles. The SMILES string of the molecule is O=C(CCl)NCCN1C(=O)S/C(=C/c2cccnc2)C1=O. The molecule has 1 aromatic rings. The molecule has 0 atom stereocenters. The number of rotatable bonds is 5. The van der Waals surface area contributed by atoms with Crippen molar-refractivity contribution in [1.29, 1.82) is 0 Å². The fourth-order valence-corrected chi connectivity index (χ4v) is 2.62. The summed E-state index contributed by atoms with van der Waals surface area (Å²) >= 11 is 6.21. The molecular weight excluding hydrogens is 314 g/mol. The number of carbonyl (C=O) groups is 3. The fraction of sp³-hybridized carbons (Fsp3) is 0.231. The largest absolute Gasteiger partial charge is 0.353 e. The molecule has 1 aliphatic rings. The van der Waals surface area contributed by atoms with Gasteiger partial charge in [-0.2, -0.15) is 0 Å². The van der Waals surface area contributed by atoms with Gasteiger partial charge in [-0.3, -0.25) is 24.3 Å². The van der Waals surface area contributed by atoms with Gasteiger partial charge in [-0.05, 0) is 29.5 Å². The summed E-state index contributed by atoms with van der Waals surface area (Å²) in [4.78, 5) is 40.3. The summed E-state index contributed by atoms with van der Waals surface area (Å²) in [6.07, 6.45) is 4.85. The first-order valence-corrected chi connectivity index (χ1v) is 7.45. The lowest BCUT2D eigenvalue weighted by Gasteiger charge is -2.12. The summed E-state index contributed by atoms with van der Waals surface area (Å²) in [7, 11) is 0. The fourth-order valence-electron chi connectivity index (χ4n) is 1.66. The van der Waals surface area contributed by atoms with Gasteiger partial charge in [0.2, 0.25) is 5.91 Å². The summed E-state index contributed by atoms with van der Waals surface area (Å²) < 4.78 is 0. The van der Waals surface area contributed by atoms with Crippen LogP contribution in [0.1, 0.15) is 5.56 Å². The van der Waals surface area contributed by atoms with Crippen molar-refractivity contribution < 1.29 is 14.4 Å². The van der Waals surface area contributed by atoms with Crippen LogP contribution in [-0.2, 0) is 9.59 Å². The van der Waals surface area contributed by atoms with E-state index in [0.717, 1.165) is 22.2 Å². The zero-order chi connectivity index (χ0) is 15.2. The van der Waals surface area contributed by atoms with E-state index in [-0.39, 0.29) is 36.0 Å². The Morgan fingerprint density at radius 2 is 2.29 bits per heavy atom. The van der Waals surface area contributed by atoms with Gasteiger partial charge in [0.25, 0.3) is 11.1 Å². The van der Waals surface area contributed by atoms with Crippen molar-refractivity contribution in [2.24, 2.45) is 0 Å². The zero-order valence-electron chi connectivity index (χ0n) is 10.9. The molecule has 0 unspecified atom stereocenters. The van der Waals surface area contributed by atoms with Gasteiger partial charge < -0.3 is 5.32 Å². The van der Waals surface area contributed by atoms with E-state index in [4.69, 9.17) is 11.6 Å². The highest BCUT2D eigenvalue weighted by Gasteiger charge is 2.34. The summed E-state index contributed by atoms with van der Waals surface area (Å²) in [6, 6.07) is 3.54. The quantitative estimate of drug-likeness (QED) is 0.655. The van der Waals surface area contributed by atoms with E-state index >= 15 is 0 Å². The third-order valence-corrected chi connectivity index (χ3v) is 3.78. The van der Waals surface area contributed by atoms with Gasteiger partial charge in [-0.1, -0.05) is 6.07 Å². The maximum Gasteiger partial charge on any atom is 0.293 e. The first-order chi connectivity index (χ1) is 10.1. The van der Waals surface area contributed by atoms with E-state index in [1.807, 2.05) is 0 Å². The van der Waals surface area contributed by atoms with Gasteiger partial charge >= 0.3 is 0 Å². The van der Waals surface area contributed by atoms with Crippen LogP contribution in [0.5, 0.6) is 0 Å². The van der Waals surface area contributed by atoms with Crippen LogP contribution in [0.4, 0.5) is 4.79 Å². The predicted octanol–water partition coefficient (Wildman–Crippen LogP) is 1.47. The van der Waals surface area contributed by atoms with Crippen molar-refractivity contribution in [2.45, 2.75) is 0 Å². The van der Waals surface area contributed by atoms with Crippen LogP contribution in [0.2, 0.25) is 0 Å². The number of nitrogens with one attached hydrogen (secondary N) is 1. The lowest BCUT2D eigenvalue weighted by Crippen LogP contribution is -2.37. The van der Waals surface area contributed by atoms with Crippen molar-refractivity contribution >= 4 is 46.5 Å². The third kappa shape index (κ3) is 4.05. The Morgan fingerprint density at radius 1 is 1.48 bits per heavy atom. The minimum atomic E-state index is -0.367. The Labute approximate surface area is 130 Å². The van der Waals surface area contributed by atoms with E-state index in [1.165, 1.54) is 0 Å². The molecule has 1 saturated heterocycles. The summed E-state index contributed by atoms with van der Waals surface area (Å²) in [5, 5.41) is 2.16. The van der Waals surface area contributed by atoms with Crippen molar-refractivity contribution in [3.63, 3.8) is 0 Å². The Balaban J connectivity index is 2.00. The highest BCUT2D eigenvalue weighted by atomic mass is 35.5. The minimum absolute atomic E-state index is 0.123. The van der Waals surface area contributed by atoms with E-state index in [0.29, 0.717) is 4.91 Å². The molecular formula is C13H12ClN3O3S. The highest BCUT2D eigenvalue weighted by Crippen LogP contribution is 2.31. The van der Waals surface area contributed by atoms with Crippen LogP contribution in [0.3, 0.4) is 0 Å². The molecule has 3 amide bonds. The number of halogens is 1. The molecule has 110 valence electrons. The molecule has 0 spiro atoms. The topological polar surface area (TPSA) is 79.4 Å². The number of hydrogen-bond acceptors (Lipinski definition) is 5. The van der Waals surface area contributed by atoms with Gasteiger partial charge in [0.15, 0.2) is 0 Å². The van der Waals surface area contributed by atoms with Gasteiger partial charge in [0, 0.05) is 25.5 Å². The third-order valence-electron chi connectivity index (χ3n) is 2.63. The van der Waals surface area contributed by atoms with Crippen molar-refractivity contribution in [2.75, 3.05) is 19.0 Å². The van der Waals surface area contributed by atoms with Gasteiger partial charge in [-0.15, -0.1) is 11.6 Å². The zero-order valence-corrected chi connectivity index (χ0v) is 12.5. The second-order valence-electron chi connectivity index (χ2n) is 4.10.